The normalized spacial score (nSPS) is 14.2. The number of carbonyl (C=O) groups is 2. The molecule has 8 heteroatoms. The van der Waals surface area contributed by atoms with Crippen LogP contribution >= 0.6 is 0 Å². The highest BCUT2D eigenvalue weighted by Gasteiger charge is 2.21. The van der Waals surface area contributed by atoms with Crippen LogP contribution in [0.5, 0.6) is 0 Å². The molecule has 2 aromatic rings. The molecule has 2 aromatic carbocycles. The molecule has 0 aliphatic heterocycles. The number of hydrogen-bond acceptors (Lipinski definition) is 3. The first kappa shape index (κ1) is 22.7. The Bertz CT molecular complexity index is 946. The monoisotopic (exact) mass is 433 g/mol. The van der Waals surface area contributed by atoms with Gasteiger partial charge in [-0.25, -0.2) is 13.2 Å². The lowest BCUT2D eigenvalue weighted by molar-refractivity contribution is -0.116. The summed E-state index contributed by atoms with van der Waals surface area (Å²) in [6.07, 6.45) is 5.52. The highest BCUT2D eigenvalue weighted by Crippen LogP contribution is 2.29. The SMILES string of the molecule is CN(c1ccc(NC(=O)CCNC(=O)c2ccc(F)cc2F)cc1F)C1CCCCC1. The van der Waals surface area contributed by atoms with Gasteiger partial charge in [0.2, 0.25) is 5.91 Å². The lowest BCUT2D eigenvalue weighted by Gasteiger charge is -2.33. The summed E-state index contributed by atoms with van der Waals surface area (Å²) < 4.78 is 41.1. The molecule has 1 aliphatic rings. The fourth-order valence-corrected chi connectivity index (χ4v) is 3.82. The lowest BCUT2D eigenvalue weighted by atomic mass is 9.94. The standard InChI is InChI=1S/C23H26F3N3O2/c1-29(17-5-3-2-4-6-17)21-10-8-16(14-20(21)26)28-22(30)11-12-27-23(31)18-9-7-15(24)13-19(18)25/h7-10,13-14,17H,2-6,11-12H2,1H3,(H,27,31)(H,28,30). The molecule has 2 amide bonds. The third kappa shape index (κ3) is 5.99. The molecule has 0 atom stereocenters. The molecular formula is C23H26F3N3O2. The fourth-order valence-electron chi connectivity index (χ4n) is 3.82. The summed E-state index contributed by atoms with van der Waals surface area (Å²) in [6, 6.07) is 7.52. The number of benzene rings is 2. The second-order valence-corrected chi connectivity index (χ2v) is 7.75. The maximum absolute atomic E-state index is 14.6. The Kier molecular flexibility index (Phi) is 7.55. The first-order valence-corrected chi connectivity index (χ1v) is 10.4. The number of anilines is 2. The molecule has 0 bridgehead atoms. The van der Waals surface area contributed by atoms with Crippen LogP contribution in [0.15, 0.2) is 36.4 Å². The third-order valence-corrected chi connectivity index (χ3v) is 5.55. The number of amides is 2. The lowest BCUT2D eigenvalue weighted by Crippen LogP contribution is -2.33. The number of halogens is 3. The van der Waals surface area contributed by atoms with Crippen molar-refractivity contribution >= 4 is 23.2 Å². The highest BCUT2D eigenvalue weighted by molar-refractivity contribution is 5.95. The Balaban J connectivity index is 1.50. The van der Waals surface area contributed by atoms with Gasteiger partial charge in [0.05, 0.1) is 11.3 Å². The average molecular weight is 433 g/mol. The Morgan fingerprint density at radius 1 is 1.00 bits per heavy atom. The molecule has 166 valence electrons. The zero-order valence-corrected chi connectivity index (χ0v) is 17.4. The van der Waals surface area contributed by atoms with Crippen LogP contribution in [0, 0.1) is 17.5 Å². The van der Waals surface area contributed by atoms with Gasteiger partial charge in [-0.3, -0.25) is 9.59 Å². The van der Waals surface area contributed by atoms with Gasteiger partial charge in [0.15, 0.2) is 0 Å². The van der Waals surface area contributed by atoms with E-state index in [2.05, 4.69) is 10.6 Å². The van der Waals surface area contributed by atoms with E-state index in [0.717, 1.165) is 37.8 Å². The van der Waals surface area contributed by atoms with Gasteiger partial charge < -0.3 is 15.5 Å². The van der Waals surface area contributed by atoms with Crippen LogP contribution in [0.4, 0.5) is 24.5 Å². The van der Waals surface area contributed by atoms with E-state index < -0.39 is 29.3 Å². The van der Waals surface area contributed by atoms with Crippen LogP contribution in [0.3, 0.4) is 0 Å². The van der Waals surface area contributed by atoms with E-state index in [1.807, 2.05) is 11.9 Å². The van der Waals surface area contributed by atoms with Crippen molar-refractivity contribution in [2.24, 2.45) is 0 Å². The minimum absolute atomic E-state index is 0.0491. The van der Waals surface area contributed by atoms with E-state index in [-0.39, 0.29) is 18.5 Å². The molecule has 1 saturated carbocycles. The van der Waals surface area contributed by atoms with Crippen LogP contribution < -0.4 is 15.5 Å². The summed E-state index contributed by atoms with van der Waals surface area (Å²) in [7, 11) is 1.89. The highest BCUT2D eigenvalue weighted by atomic mass is 19.1. The van der Waals surface area contributed by atoms with Crippen molar-refractivity contribution in [1.29, 1.82) is 0 Å². The number of rotatable bonds is 7. The molecule has 0 spiro atoms. The van der Waals surface area contributed by atoms with Crippen LogP contribution in [0.1, 0.15) is 48.9 Å². The van der Waals surface area contributed by atoms with E-state index in [1.165, 1.54) is 12.5 Å². The van der Waals surface area contributed by atoms with Crippen molar-refractivity contribution in [3.63, 3.8) is 0 Å². The van der Waals surface area contributed by atoms with Gasteiger partial charge in [-0.15, -0.1) is 0 Å². The summed E-state index contributed by atoms with van der Waals surface area (Å²) in [4.78, 5) is 26.0. The zero-order valence-electron chi connectivity index (χ0n) is 17.4. The van der Waals surface area contributed by atoms with Gasteiger partial charge in [0.1, 0.15) is 17.5 Å². The molecule has 5 nitrogen and oxygen atoms in total. The van der Waals surface area contributed by atoms with E-state index in [4.69, 9.17) is 0 Å². The molecule has 2 N–H and O–H groups in total. The van der Waals surface area contributed by atoms with Crippen LogP contribution in [-0.2, 0) is 4.79 Å². The average Bonchev–Trinajstić information content (AvgIpc) is 2.74. The summed E-state index contributed by atoms with van der Waals surface area (Å²) in [5.41, 5.74) is 0.513. The summed E-state index contributed by atoms with van der Waals surface area (Å²) in [5, 5.41) is 4.99. The Hall–Kier alpha value is -3.03. The fraction of sp³-hybridized carbons (Fsp3) is 0.391. The Morgan fingerprint density at radius 3 is 2.42 bits per heavy atom. The Morgan fingerprint density at radius 2 is 1.74 bits per heavy atom. The van der Waals surface area contributed by atoms with Crippen molar-refractivity contribution in [2.45, 2.75) is 44.6 Å². The molecular weight excluding hydrogens is 407 g/mol. The second kappa shape index (κ2) is 10.3. The molecule has 1 aliphatic carbocycles. The topological polar surface area (TPSA) is 61.4 Å². The number of nitrogens with zero attached hydrogens (tertiary/aromatic N) is 1. The first-order chi connectivity index (χ1) is 14.8. The summed E-state index contributed by atoms with van der Waals surface area (Å²) in [6.45, 7) is -0.0491. The summed E-state index contributed by atoms with van der Waals surface area (Å²) >= 11 is 0. The van der Waals surface area contributed by atoms with Crippen LogP contribution in [0.25, 0.3) is 0 Å². The first-order valence-electron chi connectivity index (χ1n) is 10.4. The molecule has 0 aromatic heterocycles. The quantitative estimate of drug-likeness (QED) is 0.669. The van der Waals surface area contributed by atoms with Gasteiger partial charge in [0, 0.05) is 37.8 Å². The van der Waals surface area contributed by atoms with Crippen molar-refractivity contribution in [3.8, 4) is 0 Å². The predicted molar refractivity (Wildman–Crippen MR) is 114 cm³/mol. The van der Waals surface area contributed by atoms with Gasteiger partial charge in [-0.05, 0) is 43.2 Å². The number of carbonyl (C=O) groups excluding carboxylic acids is 2. The third-order valence-electron chi connectivity index (χ3n) is 5.55. The molecule has 1 fully saturated rings. The number of nitrogens with one attached hydrogen (secondary N) is 2. The maximum atomic E-state index is 14.6. The minimum atomic E-state index is -0.976. The second-order valence-electron chi connectivity index (χ2n) is 7.75. The van der Waals surface area contributed by atoms with Crippen molar-refractivity contribution in [3.05, 3.63) is 59.4 Å². The van der Waals surface area contributed by atoms with E-state index in [1.54, 1.807) is 12.1 Å². The van der Waals surface area contributed by atoms with Crippen molar-refractivity contribution in [1.82, 2.24) is 5.32 Å². The molecule has 0 radical (unpaired) electrons. The molecule has 3 rings (SSSR count). The maximum Gasteiger partial charge on any atom is 0.254 e. The van der Waals surface area contributed by atoms with E-state index in [0.29, 0.717) is 23.5 Å². The largest absolute Gasteiger partial charge is 0.369 e. The molecule has 31 heavy (non-hydrogen) atoms. The Labute approximate surface area is 179 Å². The zero-order chi connectivity index (χ0) is 22.4. The van der Waals surface area contributed by atoms with Crippen molar-refractivity contribution in [2.75, 3.05) is 23.8 Å². The van der Waals surface area contributed by atoms with E-state index >= 15 is 0 Å². The van der Waals surface area contributed by atoms with Crippen molar-refractivity contribution < 1.29 is 22.8 Å². The van der Waals surface area contributed by atoms with Gasteiger partial charge >= 0.3 is 0 Å². The van der Waals surface area contributed by atoms with E-state index in [9.17, 15) is 22.8 Å². The molecule has 0 heterocycles. The minimum Gasteiger partial charge on any atom is -0.369 e. The summed E-state index contributed by atoms with van der Waals surface area (Å²) in [5.74, 6) is -3.34. The van der Waals surface area contributed by atoms with Gasteiger partial charge in [-0.1, -0.05) is 19.3 Å². The number of hydrogen-bond donors (Lipinski definition) is 2. The van der Waals surface area contributed by atoms with Crippen LogP contribution in [-0.4, -0.2) is 31.4 Å². The smallest absolute Gasteiger partial charge is 0.254 e. The van der Waals surface area contributed by atoms with Gasteiger partial charge in [-0.2, -0.15) is 0 Å². The predicted octanol–water partition coefficient (Wildman–Crippen LogP) is 4.63. The molecule has 0 unspecified atom stereocenters. The molecule has 0 saturated heterocycles. The van der Waals surface area contributed by atoms with Crippen LogP contribution in [0.2, 0.25) is 0 Å². The van der Waals surface area contributed by atoms with Gasteiger partial charge in [0.25, 0.3) is 5.91 Å².